The van der Waals surface area contributed by atoms with Crippen LogP contribution >= 0.6 is 0 Å². The van der Waals surface area contributed by atoms with Gasteiger partial charge in [0.15, 0.2) is 0 Å². The summed E-state index contributed by atoms with van der Waals surface area (Å²) < 4.78 is 0. The van der Waals surface area contributed by atoms with Gasteiger partial charge in [-0.05, 0) is 37.5 Å². The maximum Gasteiger partial charge on any atom is 0.317 e. The van der Waals surface area contributed by atoms with E-state index in [2.05, 4.69) is 12.2 Å². The van der Waals surface area contributed by atoms with Gasteiger partial charge in [0.25, 0.3) is 0 Å². The smallest absolute Gasteiger partial charge is 0.317 e. The number of rotatable bonds is 4. The van der Waals surface area contributed by atoms with E-state index in [1.165, 1.54) is 19.3 Å². The average molecular weight is 282 g/mol. The van der Waals surface area contributed by atoms with E-state index in [9.17, 15) is 9.59 Å². The molecule has 2 fully saturated rings. The largest absolute Gasteiger partial charge is 0.481 e. The van der Waals surface area contributed by atoms with Crippen molar-refractivity contribution >= 4 is 12.0 Å². The Labute approximate surface area is 120 Å². The molecule has 0 bridgehead atoms. The maximum absolute atomic E-state index is 12.2. The zero-order valence-electron chi connectivity index (χ0n) is 12.3. The van der Waals surface area contributed by atoms with Gasteiger partial charge in [-0.3, -0.25) is 4.79 Å². The van der Waals surface area contributed by atoms with Crippen LogP contribution in [-0.4, -0.2) is 41.1 Å². The molecule has 1 saturated carbocycles. The van der Waals surface area contributed by atoms with Gasteiger partial charge in [0.05, 0.1) is 0 Å². The molecular weight excluding hydrogens is 256 g/mol. The Morgan fingerprint density at radius 1 is 1.25 bits per heavy atom. The van der Waals surface area contributed by atoms with Crippen molar-refractivity contribution in [3.8, 4) is 0 Å². The standard InChI is InChI=1S/C15H26N2O3/c1-11-4-2-3-5-13(11)16-15(20)17-9-8-12(10-17)6-7-14(18)19/h11-13H,2-10H2,1H3,(H,16,20)(H,18,19). The van der Waals surface area contributed by atoms with E-state index < -0.39 is 5.97 Å². The van der Waals surface area contributed by atoms with E-state index >= 15 is 0 Å². The second kappa shape index (κ2) is 6.95. The quantitative estimate of drug-likeness (QED) is 0.832. The van der Waals surface area contributed by atoms with Crippen LogP contribution in [0.15, 0.2) is 0 Å². The van der Waals surface area contributed by atoms with Crippen LogP contribution < -0.4 is 5.32 Å². The molecular formula is C15H26N2O3. The number of hydrogen-bond acceptors (Lipinski definition) is 2. The number of carbonyl (C=O) groups is 2. The first-order valence-electron chi connectivity index (χ1n) is 7.83. The van der Waals surface area contributed by atoms with Crippen molar-refractivity contribution in [2.75, 3.05) is 13.1 Å². The van der Waals surface area contributed by atoms with E-state index in [0.29, 0.717) is 30.8 Å². The Hall–Kier alpha value is -1.26. The summed E-state index contributed by atoms with van der Waals surface area (Å²) in [6, 6.07) is 0.357. The fraction of sp³-hybridized carbons (Fsp3) is 0.867. The average Bonchev–Trinajstić information content (AvgIpc) is 2.88. The molecule has 0 spiro atoms. The lowest BCUT2D eigenvalue weighted by Gasteiger charge is -2.31. The predicted octanol–water partition coefficient (Wildman–Crippen LogP) is 2.46. The van der Waals surface area contributed by atoms with Crippen LogP contribution in [0.5, 0.6) is 0 Å². The third-order valence-electron chi connectivity index (χ3n) is 4.76. The van der Waals surface area contributed by atoms with E-state index in [0.717, 1.165) is 19.4 Å². The summed E-state index contributed by atoms with van der Waals surface area (Å²) in [5.74, 6) is 0.169. The lowest BCUT2D eigenvalue weighted by atomic mass is 9.86. The molecule has 5 nitrogen and oxygen atoms in total. The van der Waals surface area contributed by atoms with Crippen molar-refractivity contribution in [2.24, 2.45) is 11.8 Å². The van der Waals surface area contributed by atoms with Gasteiger partial charge in [0.2, 0.25) is 0 Å². The zero-order valence-corrected chi connectivity index (χ0v) is 12.3. The third kappa shape index (κ3) is 4.12. The number of nitrogens with zero attached hydrogens (tertiary/aromatic N) is 1. The van der Waals surface area contributed by atoms with Gasteiger partial charge in [-0.2, -0.15) is 0 Å². The molecule has 0 aromatic carbocycles. The molecule has 1 aliphatic carbocycles. The number of amides is 2. The van der Waals surface area contributed by atoms with Gasteiger partial charge < -0.3 is 15.3 Å². The number of aliphatic carboxylic acids is 1. The lowest BCUT2D eigenvalue weighted by molar-refractivity contribution is -0.137. The minimum atomic E-state index is -0.746. The fourth-order valence-corrected chi connectivity index (χ4v) is 3.36. The SMILES string of the molecule is CC1CCCCC1NC(=O)N1CCC(CCC(=O)O)C1. The molecule has 2 rings (SSSR count). The highest BCUT2D eigenvalue weighted by Gasteiger charge is 2.29. The molecule has 0 radical (unpaired) electrons. The highest BCUT2D eigenvalue weighted by molar-refractivity contribution is 5.75. The second-order valence-electron chi connectivity index (χ2n) is 6.35. The van der Waals surface area contributed by atoms with Crippen LogP contribution in [0.4, 0.5) is 4.79 Å². The number of carbonyl (C=O) groups excluding carboxylic acids is 1. The van der Waals surface area contributed by atoms with Crippen LogP contribution in [0.2, 0.25) is 0 Å². The molecule has 0 aromatic heterocycles. The molecule has 3 atom stereocenters. The van der Waals surface area contributed by atoms with Gasteiger partial charge in [-0.1, -0.05) is 19.8 Å². The molecule has 3 unspecified atom stereocenters. The molecule has 1 saturated heterocycles. The van der Waals surface area contributed by atoms with Gasteiger partial charge in [-0.15, -0.1) is 0 Å². The lowest BCUT2D eigenvalue weighted by Crippen LogP contribution is -2.47. The highest BCUT2D eigenvalue weighted by atomic mass is 16.4. The summed E-state index contributed by atoms with van der Waals surface area (Å²) in [5, 5.41) is 11.9. The summed E-state index contributed by atoms with van der Waals surface area (Å²) in [7, 11) is 0. The molecule has 2 aliphatic rings. The van der Waals surface area contributed by atoms with Crippen molar-refractivity contribution in [1.82, 2.24) is 10.2 Å². The van der Waals surface area contributed by atoms with Crippen molar-refractivity contribution in [2.45, 2.75) is 57.9 Å². The monoisotopic (exact) mass is 282 g/mol. The first-order valence-corrected chi connectivity index (χ1v) is 7.83. The molecule has 2 N–H and O–H groups in total. The van der Waals surface area contributed by atoms with Gasteiger partial charge in [-0.25, -0.2) is 4.79 Å². The van der Waals surface area contributed by atoms with Crippen LogP contribution in [-0.2, 0) is 4.79 Å². The van der Waals surface area contributed by atoms with Gasteiger partial charge in [0, 0.05) is 25.6 Å². The van der Waals surface area contributed by atoms with Crippen molar-refractivity contribution in [1.29, 1.82) is 0 Å². The Morgan fingerprint density at radius 3 is 2.70 bits per heavy atom. The van der Waals surface area contributed by atoms with E-state index in [-0.39, 0.29) is 12.5 Å². The Kier molecular flexibility index (Phi) is 5.26. The summed E-state index contributed by atoms with van der Waals surface area (Å²) in [4.78, 5) is 24.7. The number of nitrogens with one attached hydrogen (secondary N) is 1. The Bertz CT molecular complexity index is 359. The van der Waals surface area contributed by atoms with E-state index in [1.807, 2.05) is 4.90 Å². The van der Waals surface area contributed by atoms with Gasteiger partial charge >= 0.3 is 12.0 Å². The number of urea groups is 1. The number of likely N-dealkylation sites (tertiary alicyclic amines) is 1. The first kappa shape index (κ1) is 15.1. The number of hydrogen-bond donors (Lipinski definition) is 2. The van der Waals surface area contributed by atoms with Crippen molar-refractivity contribution < 1.29 is 14.7 Å². The molecule has 5 heteroatoms. The second-order valence-corrected chi connectivity index (χ2v) is 6.35. The molecule has 20 heavy (non-hydrogen) atoms. The molecule has 1 aliphatic heterocycles. The first-order chi connectivity index (χ1) is 9.56. The molecule has 1 heterocycles. The Morgan fingerprint density at radius 2 is 2.00 bits per heavy atom. The van der Waals surface area contributed by atoms with Crippen molar-refractivity contribution in [3.63, 3.8) is 0 Å². The molecule has 2 amide bonds. The minimum absolute atomic E-state index is 0.0431. The number of carboxylic acid groups (broad SMARTS) is 1. The topological polar surface area (TPSA) is 69.6 Å². The molecule has 114 valence electrons. The fourth-order valence-electron chi connectivity index (χ4n) is 3.36. The summed E-state index contributed by atoms with van der Waals surface area (Å²) in [6.07, 6.45) is 6.58. The maximum atomic E-state index is 12.2. The Balaban J connectivity index is 1.74. The predicted molar refractivity (Wildman–Crippen MR) is 76.5 cm³/mol. The summed E-state index contributed by atoms with van der Waals surface area (Å²) >= 11 is 0. The minimum Gasteiger partial charge on any atom is -0.481 e. The van der Waals surface area contributed by atoms with Crippen molar-refractivity contribution in [3.05, 3.63) is 0 Å². The zero-order chi connectivity index (χ0) is 14.5. The summed E-state index contributed by atoms with van der Waals surface area (Å²) in [5.41, 5.74) is 0. The summed E-state index contributed by atoms with van der Waals surface area (Å²) in [6.45, 7) is 3.68. The normalized spacial score (nSPS) is 30.2. The van der Waals surface area contributed by atoms with E-state index in [1.54, 1.807) is 0 Å². The van der Waals surface area contributed by atoms with Crippen LogP contribution in [0, 0.1) is 11.8 Å². The molecule has 0 aromatic rings. The highest BCUT2D eigenvalue weighted by Crippen LogP contribution is 2.25. The van der Waals surface area contributed by atoms with Gasteiger partial charge in [0.1, 0.15) is 0 Å². The third-order valence-corrected chi connectivity index (χ3v) is 4.76. The van der Waals surface area contributed by atoms with E-state index in [4.69, 9.17) is 5.11 Å². The van der Waals surface area contributed by atoms with Crippen LogP contribution in [0.25, 0.3) is 0 Å². The van der Waals surface area contributed by atoms with Crippen LogP contribution in [0.1, 0.15) is 51.9 Å². The number of carboxylic acids is 1. The van der Waals surface area contributed by atoms with Crippen LogP contribution in [0.3, 0.4) is 0 Å².